The molecule has 1 aromatic rings. The maximum Gasteiger partial charge on any atom is 0.222 e. The van der Waals surface area contributed by atoms with Crippen molar-refractivity contribution >= 4 is 11.7 Å². The van der Waals surface area contributed by atoms with Crippen molar-refractivity contribution in [3.8, 4) is 0 Å². The highest BCUT2D eigenvalue weighted by molar-refractivity contribution is 5.83. The normalized spacial score (nSPS) is 13.6. The summed E-state index contributed by atoms with van der Waals surface area (Å²) in [7, 11) is 1.79. The van der Waals surface area contributed by atoms with Crippen molar-refractivity contribution in [3.63, 3.8) is 0 Å². The van der Waals surface area contributed by atoms with Gasteiger partial charge in [0.05, 0.1) is 0 Å². The van der Waals surface area contributed by atoms with Crippen molar-refractivity contribution in [1.82, 2.24) is 9.88 Å². The van der Waals surface area contributed by atoms with Crippen molar-refractivity contribution in [2.24, 2.45) is 0 Å². The second-order valence-electron chi connectivity index (χ2n) is 5.92. The average Bonchev–Trinajstić information content (AvgIpc) is 2.49. The van der Waals surface area contributed by atoms with Crippen LogP contribution in [-0.4, -0.2) is 35.2 Å². The van der Waals surface area contributed by atoms with Gasteiger partial charge >= 0.3 is 0 Å². The number of amides is 1. The quantitative estimate of drug-likeness (QED) is 0.807. The smallest absolute Gasteiger partial charge is 0.222 e. The molecule has 0 saturated carbocycles. The number of pyridine rings is 1. The summed E-state index contributed by atoms with van der Waals surface area (Å²) in [4.78, 5) is 29.0. The summed E-state index contributed by atoms with van der Waals surface area (Å²) >= 11 is 0. The maximum absolute atomic E-state index is 11.9. The van der Waals surface area contributed by atoms with Crippen LogP contribution < -0.4 is 0 Å². The SMILES string of the molecule is CC(=O)CCC(=O)N(C)CCc1cc2c(cn1)CCCC2. The van der Waals surface area contributed by atoms with E-state index in [-0.39, 0.29) is 11.7 Å². The minimum absolute atomic E-state index is 0.0307. The highest BCUT2D eigenvalue weighted by Crippen LogP contribution is 2.21. The predicted molar refractivity (Wildman–Crippen MR) is 82.1 cm³/mol. The predicted octanol–water partition coefficient (Wildman–Crippen LogP) is 2.33. The number of likely N-dealkylation sites (N-methyl/N-ethyl adjacent to an activating group) is 1. The van der Waals surface area contributed by atoms with E-state index < -0.39 is 0 Å². The lowest BCUT2D eigenvalue weighted by molar-refractivity contribution is -0.131. The molecule has 21 heavy (non-hydrogen) atoms. The first kappa shape index (κ1) is 15.7. The van der Waals surface area contributed by atoms with Gasteiger partial charge in [0.25, 0.3) is 0 Å². The second-order valence-corrected chi connectivity index (χ2v) is 5.92. The third-order valence-electron chi connectivity index (χ3n) is 4.10. The fraction of sp³-hybridized carbons (Fsp3) is 0.588. The van der Waals surface area contributed by atoms with E-state index in [2.05, 4.69) is 11.1 Å². The lowest BCUT2D eigenvalue weighted by Gasteiger charge is -2.18. The Morgan fingerprint density at radius 3 is 2.62 bits per heavy atom. The van der Waals surface area contributed by atoms with Crippen LogP contribution in [0.4, 0.5) is 0 Å². The molecule has 0 radical (unpaired) electrons. The van der Waals surface area contributed by atoms with Gasteiger partial charge in [-0.15, -0.1) is 0 Å². The lowest BCUT2D eigenvalue weighted by Crippen LogP contribution is -2.29. The molecule has 0 N–H and O–H groups in total. The van der Waals surface area contributed by atoms with Crippen LogP contribution in [0.1, 0.15) is 49.4 Å². The number of ketones is 1. The number of rotatable bonds is 6. The third-order valence-corrected chi connectivity index (χ3v) is 4.10. The second kappa shape index (κ2) is 7.34. The molecular formula is C17H24N2O2. The van der Waals surface area contributed by atoms with Crippen LogP contribution in [0, 0.1) is 0 Å². The molecular weight excluding hydrogens is 264 g/mol. The molecule has 0 spiro atoms. The number of aryl methyl sites for hydroxylation is 2. The minimum Gasteiger partial charge on any atom is -0.345 e. The molecule has 4 nitrogen and oxygen atoms in total. The first-order chi connectivity index (χ1) is 10.1. The first-order valence-corrected chi connectivity index (χ1v) is 7.76. The van der Waals surface area contributed by atoms with Crippen molar-refractivity contribution in [1.29, 1.82) is 0 Å². The molecule has 0 bridgehead atoms. The molecule has 1 aliphatic rings. The van der Waals surface area contributed by atoms with Crippen molar-refractivity contribution in [3.05, 3.63) is 29.1 Å². The van der Waals surface area contributed by atoms with E-state index in [0.717, 1.165) is 25.0 Å². The zero-order valence-electron chi connectivity index (χ0n) is 13.0. The van der Waals surface area contributed by atoms with Crippen LogP contribution >= 0.6 is 0 Å². The van der Waals surface area contributed by atoms with Crippen LogP contribution in [0.5, 0.6) is 0 Å². The van der Waals surface area contributed by atoms with E-state index in [0.29, 0.717) is 19.4 Å². The molecule has 0 aromatic carbocycles. The van der Waals surface area contributed by atoms with Crippen LogP contribution in [0.15, 0.2) is 12.3 Å². The van der Waals surface area contributed by atoms with Crippen LogP contribution in [-0.2, 0) is 28.9 Å². The fourth-order valence-electron chi connectivity index (χ4n) is 2.68. The molecule has 0 unspecified atom stereocenters. The minimum atomic E-state index is 0.0307. The molecule has 1 amide bonds. The Labute approximate surface area is 126 Å². The molecule has 0 aliphatic heterocycles. The number of carbonyl (C=O) groups excluding carboxylic acids is 2. The zero-order chi connectivity index (χ0) is 15.2. The van der Waals surface area contributed by atoms with Gasteiger partial charge in [0.15, 0.2) is 0 Å². The summed E-state index contributed by atoms with van der Waals surface area (Å²) in [5.41, 5.74) is 3.87. The number of nitrogens with zero attached hydrogens (tertiary/aromatic N) is 2. The Bertz CT molecular complexity index is 526. The number of aromatic nitrogens is 1. The molecule has 0 saturated heterocycles. The Hall–Kier alpha value is -1.71. The number of hydrogen-bond acceptors (Lipinski definition) is 3. The highest BCUT2D eigenvalue weighted by Gasteiger charge is 2.12. The Morgan fingerprint density at radius 2 is 1.90 bits per heavy atom. The standard InChI is InChI=1S/C17H24N2O2/c1-13(20)7-8-17(21)19(2)10-9-16-11-14-5-3-4-6-15(14)12-18-16/h11-12H,3-10H2,1-2H3. The van der Waals surface area contributed by atoms with E-state index in [4.69, 9.17) is 0 Å². The Balaban J connectivity index is 1.84. The number of Topliss-reactive ketones (excluding diaryl/α,β-unsaturated/α-hetero) is 1. The molecule has 114 valence electrons. The zero-order valence-corrected chi connectivity index (χ0v) is 13.0. The molecule has 1 aliphatic carbocycles. The van der Waals surface area contributed by atoms with E-state index in [1.54, 1.807) is 11.9 Å². The van der Waals surface area contributed by atoms with Gasteiger partial charge in [-0.05, 0) is 49.8 Å². The van der Waals surface area contributed by atoms with E-state index in [1.165, 1.54) is 30.9 Å². The van der Waals surface area contributed by atoms with Gasteiger partial charge in [0.1, 0.15) is 5.78 Å². The van der Waals surface area contributed by atoms with Crippen LogP contribution in [0.25, 0.3) is 0 Å². The highest BCUT2D eigenvalue weighted by atomic mass is 16.2. The largest absolute Gasteiger partial charge is 0.345 e. The number of carbonyl (C=O) groups is 2. The van der Waals surface area contributed by atoms with E-state index >= 15 is 0 Å². The summed E-state index contributed by atoms with van der Waals surface area (Å²) in [6.45, 7) is 2.17. The fourth-order valence-corrected chi connectivity index (χ4v) is 2.68. The molecule has 0 fully saturated rings. The van der Waals surface area contributed by atoms with Gasteiger partial charge in [-0.3, -0.25) is 9.78 Å². The Kier molecular flexibility index (Phi) is 5.48. The topological polar surface area (TPSA) is 50.3 Å². The molecule has 2 rings (SSSR count). The van der Waals surface area contributed by atoms with Gasteiger partial charge in [-0.1, -0.05) is 0 Å². The van der Waals surface area contributed by atoms with E-state index in [9.17, 15) is 9.59 Å². The van der Waals surface area contributed by atoms with Crippen molar-refractivity contribution < 1.29 is 9.59 Å². The lowest BCUT2D eigenvalue weighted by atomic mass is 9.92. The molecule has 1 heterocycles. The van der Waals surface area contributed by atoms with Crippen LogP contribution in [0.3, 0.4) is 0 Å². The monoisotopic (exact) mass is 288 g/mol. The van der Waals surface area contributed by atoms with E-state index in [1.807, 2.05) is 6.20 Å². The maximum atomic E-state index is 11.9. The van der Waals surface area contributed by atoms with Gasteiger partial charge in [0, 0.05) is 44.7 Å². The molecule has 4 heteroatoms. The summed E-state index contributed by atoms with van der Waals surface area (Å²) in [6, 6.07) is 2.20. The summed E-state index contributed by atoms with van der Waals surface area (Å²) < 4.78 is 0. The van der Waals surface area contributed by atoms with Gasteiger partial charge in [0.2, 0.25) is 5.91 Å². The summed E-state index contributed by atoms with van der Waals surface area (Å²) in [5, 5.41) is 0. The molecule has 0 atom stereocenters. The van der Waals surface area contributed by atoms with Gasteiger partial charge in [-0.25, -0.2) is 0 Å². The number of fused-ring (bicyclic) bond motifs is 1. The summed E-state index contributed by atoms with van der Waals surface area (Å²) in [5.74, 6) is 0.0938. The third kappa shape index (κ3) is 4.66. The summed E-state index contributed by atoms with van der Waals surface area (Å²) in [6.07, 6.45) is 8.24. The first-order valence-electron chi connectivity index (χ1n) is 7.76. The van der Waals surface area contributed by atoms with Gasteiger partial charge in [-0.2, -0.15) is 0 Å². The van der Waals surface area contributed by atoms with Crippen molar-refractivity contribution in [2.75, 3.05) is 13.6 Å². The Morgan fingerprint density at radius 1 is 1.19 bits per heavy atom. The van der Waals surface area contributed by atoms with Crippen LogP contribution in [0.2, 0.25) is 0 Å². The van der Waals surface area contributed by atoms with Gasteiger partial charge < -0.3 is 9.69 Å². The van der Waals surface area contributed by atoms with Crippen molar-refractivity contribution in [2.45, 2.75) is 51.9 Å². The molecule has 1 aromatic heterocycles. The number of hydrogen-bond donors (Lipinski definition) is 0. The average molecular weight is 288 g/mol.